The first-order valence-corrected chi connectivity index (χ1v) is 8.65. The van der Waals surface area contributed by atoms with Crippen molar-refractivity contribution in [1.29, 1.82) is 5.26 Å². The van der Waals surface area contributed by atoms with E-state index < -0.39 is 4.92 Å². The van der Waals surface area contributed by atoms with E-state index in [2.05, 4.69) is 24.8 Å². The molecule has 2 N–H and O–H groups in total. The number of nitriles is 1. The number of likely N-dealkylation sites (N-methyl/N-ethyl adjacent to an activating group) is 1. The molecule has 1 heterocycles. The van der Waals surface area contributed by atoms with Gasteiger partial charge in [-0.05, 0) is 41.6 Å². The maximum absolute atomic E-state index is 11.8. The molecule has 2 aromatic rings. The number of rotatable bonds is 3. The van der Waals surface area contributed by atoms with Crippen LogP contribution in [0.5, 0.6) is 0 Å². The van der Waals surface area contributed by atoms with Gasteiger partial charge in [0.05, 0.1) is 16.1 Å². The van der Waals surface area contributed by atoms with E-state index in [0.717, 1.165) is 23.2 Å². The number of fused-ring (bicyclic) bond motifs is 1. The molecule has 6 nitrogen and oxygen atoms in total. The zero-order valence-electron chi connectivity index (χ0n) is 15.2. The van der Waals surface area contributed by atoms with Crippen molar-refractivity contribution in [1.82, 2.24) is 4.90 Å². The van der Waals surface area contributed by atoms with Crippen molar-refractivity contribution in [3.63, 3.8) is 0 Å². The second kappa shape index (κ2) is 6.77. The highest BCUT2D eigenvalue weighted by atomic mass is 16.6. The van der Waals surface area contributed by atoms with E-state index in [-0.39, 0.29) is 16.9 Å². The quantitative estimate of drug-likeness (QED) is 0.515. The third-order valence-corrected chi connectivity index (χ3v) is 5.06. The molecule has 0 atom stereocenters. The SMILES string of the molecule is CC(C)c1ccc(-c2c3c(c(C#N)c(N)c2[N+](=O)[O-])CCN(C)C3)cc1. The van der Waals surface area contributed by atoms with Gasteiger partial charge in [-0.25, -0.2) is 0 Å². The van der Waals surface area contributed by atoms with E-state index in [9.17, 15) is 15.4 Å². The van der Waals surface area contributed by atoms with Crippen LogP contribution in [0.4, 0.5) is 11.4 Å². The van der Waals surface area contributed by atoms with Crippen molar-refractivity contribution < 1.29 is 4.92 Å². The Hall–Kier alpha value is -2.91. The third-order valence-electron chi connectivity index (χ3n) is 5.06. The summed E-state index contributed by atoms with van der Waals surface area (Å²) in [7, 11) is 1.98. The van der Waals surface area contributed by atoms with E-state index >= 15 is 0 Å². The van der Waals surface area contributed by atoms with Gasteiger partial charge in [0.25, 0.3) is 0 Å². The third kappa shape index (κ3) is 2.91. The van der Waals surface area contributed by atoms with Crippen LogP contribution in [0.25, 0.3) is 11.1 Å². The number of anilines is 1. The lowest BCUT2D eigenvalue weighted by Gasteiger charge is -2.28. The second-order valence-electron chi connectivity index (χ2n) is 7.10. The molecule has 0 amide bonds. The van der Waals surface area contributed by atoms with Crippen molar-refractivity contribution in [2.45, 2.75) is 32.7 Å². The van der Waals surface area contributed by atoms with Crippen LogP contribution in [-0.2, 0) is 13.0 Å². The lowest BCUT2D eigenvalue weighted by molar-refractivity contribution is -0.383. The smallest absolute Gasteiger partial charge is 0.301 e. The maximum Gasteiger partial charge on any atom is 0.301 e. The van der Waals surface area contributed by atoms with Crippen molar-refractivity contribution in [3.8, 4) is 17.2 Å². The van der Waals surface area contributed by atoms with Crippen LogP contribution in [0.1, 0.15) is 42.0 Å². The Bertz CT molecular complexity index is 911. The number of hydrogen-bond acceptors (Lipinski definition) is 5. The maximum atomic E-state index is 11.8. The van der Waals surface area contributed by atoms with Crippen molar-refractivity contribution >= 4 is 11.4 Å². The molecule has 0 fully saturated rings. The molecule has 0 radical (unpaired) electrons. The fourth-order valence-corrected chi connectivity index (χ4v) is 3.63. The number of nitro groups is 1. The zero-order chi connectivity index (χ0) is 19.0. The van der Waals surface area contributed by atoms with Crippen LogP contribution in [-0.4, -0.2) is 23.4 Å². The summed E-state index contributed by atoms with van der Waals surface area (Å²) in [5, 5.41) is 21.4. The van der Waals surface area contributed by atoms with E-state index in [1.54, 1.807) is 0 Å². The minimum atomic E-state index is -0.462. The standard InChI is InChI=1S/C20H22N4O2/c1-12(2)13-4-6-14(7-5-13)18-17-11-23(3)9-8-15(17)16(10-21)19(22)20(18)24(25)26/h4-7,12H,8-9,11,22H2,1-3H3. The molecule has 1 aliphatic heterocycles. The van der Waals surface area contributed by atoms with Gasteiger partial charge < -0.3 is 10.6 Å². The van der Waals surface area contributed by atoms with Crippen LogP contribution >= 0.6 is 0 Å². The molecule has 0 saturated heterocycles. The monoisotopic (exact) mass is 350 g/mol. The predicted octanol–water partition coefficient (Wildman–Crippen LogP) is 3.83. The number of hydrogen-bond donors (Lipinski definition) is 1. The first-order valence-electron chi connectivity index (χ1n) is 8.65. The summed E-state index contributed by atoms with van der Waals surface area (Å²) in [5.74, 6) is 0.380. The fraction of sp³-hybridized carbons (Fsp3) is 0.350. The van der Waals surface area contributed by atoms with Gasteiger partial charge >= 0.3 is 5.69 Å². The van der Waals surface area contributed by atoms with E-state index in [0.29, 0.717) is 24.4 Å². The minimum Gasteiger partial charge on any atom is -0.392 e. The average Bonchev–Trinajstić information content (AvgIpc) is 2.60. The summed E-state index contributed by atoms with van der Waals surface area (Å²) in [6.45, 7) is 5.57. The molecule has 3 rings (SSSR count). The Morgan fingerprint density at radius 3 is 2.46 bits per heavy atom. The molecule has 26 heavy (non-hydrogen) atoms. The Kier molecular flexibility index (Phi) is 4.66. The Labute approximate surface area is 153 Å². The van der Waals surface area contributed by atoms with Gasteiger partial charge in [-0.3, -0.25) is 10.1 Å². The molecule has 0 bridgehead atoms. The predicted molar refractivity (Wildman–Crippen MR) is 102 cm³/mol. The molecule has 1 aliphatic rings. The average molecular weight is 350 g/mol. The summed E-state index contributed by atoms with van der Waals surface area (Å²) in [5.41, 5.74) is 10.3. The lowest BCUT2D eigenvalue weighted by atomic mass is 9.85. The zero-order valence-corrected chi connectivity index (χ0v) is 15.2. The van der Waals surface area contributed by atoms with Crippen LogP contribution in [0, 0.1) is 21.4 Å². The highest BCUT2D eigenvalue weighted by molar-refractivity contribution is 5.89. The lowest BCUT2D eigenvalue weighted by Crippen LogP contribution is -2.28. The van der Waals surface area contributed by atoms with Crippen LogP contribution in [0.2, 0.25) is 0 Å². The van der Waals surface area contributed by atoms with Gasteiger partial charge in [-0.15, -0.1) is 0 Å². The van der Waals surface area contributed by atoms with Crippen LogP contribution in [0.3, 0.4) is 0 Å². The molecule has 0 aromatic heterocycles. The molecule has 0 spiro atoms. The Balaban J connectivity index is 2.34. The van der Waals surface area contributed by atoms with Crippen molar-refractivity contribution in [2.75, 3.05) is 19.3 Å². The fourth-order valence-electron chi connectivity index (χ4n) is 3.63. The summed E-state index contributed by atoms with van der Waals surface area (Å²) in [6.07, 6.45) is 0.661. The first kappa shape index (κ1) is 17.9. The highest BCUT2D eigenvalue weighted by Gasteiger charge is 2.32. The molecule has 6 heteroatoms. The molecule has 0 aliphatic carbocycles. The number of nitrogen functional groups attached to an aromatic ring is 1. The topological polar surface area (TPSA) is 96.2 Å². The van der Waals surface area contributed by atoms with Gasteiger partial charge in [0.1, 0.15) is 11.8 Å². The first-order chi connectivity index (χ1) is 12.3. The number of benzene rings is 2. The molecular formula is C20H22N4O2. The van der Waals surface area contributed by atoms with Gasteiger partial charge in [-0.2, -0.15) is 5.26 Å². The van der Waals surface area contributed by atoms with Gasteiger partial charge in [0.15, 0.2) is 0 Å². The molecular weight excluding hydrogens is 328 g/mol. The summed E-state index contributed by atoms with van der Waals surface area (Å²) < 4.78 is 0. The molecule has 0 saturated carbocycles. The largest absolute Gasteiger partial charge is 0.392 e. The normalized spacial score (nSPS) is 14.1. The minimum absolute atomic E-state index is 0.0243. The highest BCUT2D eigenvalue weighted by Crippen LogP contribution is 2.44. The Morgan fingerprint density at radius 1 is 1.27 bits per heavy atom. The van der Waals surface area contributed by atoms with Gasteiger partial charge in [-0.1, -0.05) is 38.1 Å². The second-order valence-corrected chi connectivity index (χ2v) is 7.10. The van der Waals surface area contributed by atoms with Crippen LogP contribution < -0.4 is 5.73 Å². The number of nitrogens with zero attached hydrogens (tertiary/aromatic N) is 3. The summed E-state index contributed by atoms with van der Waals surface area (Å²) >= 11 is 0. The van der Waals surface area contributed by atoms with E-state index in [1.165, 1.54) is 5.56 Å². The summed E-state index contributed by atoms with van der Waals surface area (Å²) in [6, 6.07) is 9.91. The number of nitro benzene ring substituents is 1. The van der Waals surface area contributed by atoms with E-state index in [4.69, 9.17) is 5.73 Å². The summed E-state index contributed by atoms with van der Waals surface area (Å²) in [4.78, 5) is 13.5. The number of nitrogens with two attached hydrogens (primary N) is 1. The van der Waals surface area contributed by atoms with E-state index in [1.807, 2.05) is 31.3 Å². The van der Waals surface area contributed by atoms with Crippen molar-refractivity contribution in [2.24, 2.45) is 0 Å². The van der Waals surface area contributed by atoms with Gasteiger partial charge in [0, 0.05) is 13.1 Å². The molecule has 0 unspecified atom stereocenters. The molecule has 2 aromatic carbocycles. The Morgan fingerprint density at radius 2 is 1.92 bits per heavy atom. The van der Waals surface area contributed by atoms with Gasteiger partial charge in [0.2, 0.25) is 0 Å². The molecule has 134 valence electrons. The van der Waals surface area contributed by atoms with Crippen LogP contribution in [0.15, 0.2) is 24.3 Å². The van der Waals surface area contributed by atoms with Crippen molar-refractivity contribution in [3.05, 3.63) is 56.6 Å².